The van der Waals surface area contributed by atoms with Gasteiger partial charge in [-0.25, -0.2) is 4.98 Å². The highest BCUT2D eigenvalue weighted by Gasteiger charge is 2.18. The van der Waals surface area contributed by atoms with Crippen molar-refractivity contribution < 1.29 is 0 Å². The highest BCUT2D eigenvalue weighted by molar-refractivity contribution is 7.22. The Morgan fingerprint density at radius 2 is 1.04 bits per heavy atom. The predicted octanol–water partition coefficient (Wildman–Crippen LogP) is 12.6. The van der Waals surface area contributed by atoms with Crippen LogP contribution in [0.5, 0.6) is 0 Å². The highest BCUT2D eigenvalue weighted by Crippen LogP contribution is 2.43. The molecule has 0 amide bonds. The minimum Gasteiger partial charge on any atom is -0.310 e. The fourth-order valence-electron chi connectivity index (χ4n) is 6.62. The number of hydrogen-bond acceptors (Lipinski definition) is 3. The third kappa shape index (κ3) is 4.52. The van der Waals surface area contributed by atoms with Crippen molar-refractivity contribution in [3.63, 3.8) is 0 Å². The first kappa shape index (κ1) is 26.6. The zero-order valence-electron chi connectivity index (χ0n) is 25.0. The molecule has 0 atom stereocenters. The van der Waals surface area contributed by atoms with E-state index >= 15 is 0 Å². The number of benzene rings is 8. The fourth-order valence-corrected chi connectivity index (χ4v) is 7.76. The number of fused-ring (bicyclic) bond motifs is 6. The molecule has 1 heterocycles. The van der Waals surface area contributed by atoms with E-state index in [1.54, 1.807) is 11.3 Å². The van der Waals surface area contributed by atoms with Crippen molar-refractivity contribution in [2.45, 2.75) is 0 Å². The minimum absolute atomic E-state index is 1.04. The summed E-state index contributed by atoms with van der Waals surface area (Å²) < 4.78 is 1.23. The quantitative estimate of drug-likeness (QED) is 0.182. The molecule has 216 valence electrons. The molecule has 0 radical (unpaired) electrons. The van der Waals surface area contributed by atoms with Gasteiger partial charge in [0.1, 0.15) is 5.01 Å². The van der Waals surface area contributed by atoms with Gasteiger partial charge in [-0.1, -0.05) is 133 Å². The molecule has 1 aromatic heterocycles. The lowest BCUT2D eigenvalue weighted by atomic mass is 9.99. The van der Waals surface area contributed by atoms with Crippen LogP contribution >= 0.6 is 11.3 Å². The maximum Gasteiger partial charge on any atom is 0.124 e. The third-order valence-electron chi connectivity index (χ3n) is 8.86. The fraction of sp³-hybridized carbons (Fsp3) is 0. The van der Waals surface area contributed by atoms with Crippen LogP contribution in [0.15, 0.2) is 170 Å². The molecule has 9 rings (SSSR count). The largest absolute Gasteiger partial charge is 0.310 e. The van der Waals surface area contributed by atoms with Crippen LogP contribution in [0.1, 0.15) is 0 Å². The number of anilines is 3. The van der Waals surface area contributed by atoms with Crippen LogP contribution in [0.25, 0.3) is 64.2 Å². The minimum atomic E-state index is 1.04. The predicted molar refractivity (Wildman–Crippen MR) is 198 cm³/mol. The smallest absolute Gasteiger partial charge is 0.124 e. The number of nitrogens with zero attached hydrogens (tertiary/aromatic N) is 2. The molecule has 0 saturated heterocycles. The molecule has 2 nitrogen and oxygen atoms in total. The van der Waals surface area contributed by atoms with Crippen molar-refractivity contribution in [1.82, 2.24) is 4.98 Å². The Morgan fingerprint density at radius 1 is 0.435 bits per heavy atom. The van der Waals surface area contributed by atoms with Crippen LogP contribution in [0, 0.1) is 0 Å². The van der Waals surface area contributed by atoms with Gasteiger partial charge in [-0.15, -0.1) is 11.3 Å². The monoisotopic (exact) mass is 604 g/mol. The molecular weight excluding hydrogens is 577 g/mol. The third-order valence-corrected chi connectivity index (χ3v) is 10.00. The van der Waals surface area contributed by atoms with Crippen LogP contribution in [0.3, 0.4) is 0 Å². The molecule has 0 N–H and O–H groups in total. The maximum atomic E-state index is 5.07. The Labute approximate surface area is 271 Å². The van der Waals surface area contributed by atoms with Gasteiger partial charge in [0.2, 0.25) is 0 Å². The molecule has 0 aliphatic carbocycles. The number of thiazole rings is 1. The molecule has 0 unspecified atom stereocenters. The van der Waals surface area contributed by atoms with Crippen molar-refractivity contribution >= 4 is 70.9 Å². The summed E-state index contributed by atoms with van der Waals surface area (Å²) in [7, 11) is 0. The zero-order valence-corrected chi connectivity index (χ0v) is 25.8. The molecule has 0 aliphatic heterocycles. The van der Waals surface area contributed by atoms with E-state index in [-0.39, 0.29) is 0 Å². The van der Waals surface area contributed by atoms with Crippen LogP contribution in [0.4, 0.5) is 17.1 Å². The summed E-state index contributed by atoms with van der Waals surface area (Å²) in [6.45, 7) is 0. The molecule has 0 fully saturated rings. The second kappa shape index (κ2) is 11.0. The standard InChI is InChI=1S/C43H28N2S/c1-3-10-29(11-4-1)30-20-24-35(25-21-30)45(40-17-9-15-31-12-7-8-16-37(31)40)36-26-22-32-18-19-33-23-27-39-42(41(33)38(32)28-36)46-43(44-39)34-13-5-2-6-14-34/h1-28H. The van der Waals surface area contributed by atoms with Crippen molar-refractivity contribution in [2.24, 2.45) is 0 Å². The molecule has 0 saturated carbocycles. The summed E-state index contributed by atoms with van der Waals surface area (Å²) in [5.74, 6) is 0. The van der Waals surface area contributed by atoms with Gasteiger partial charge in [0.05, 0.1) is 15.9 Å². The molecule has 46 heavy (non-hydrogen) atoms. The lowest BCUT2D eigenvalue weighted by Crippen LogP contribution is -2.10. The second-order valence-corrected chi connectivity index (χ2v) is 12.6. The first-order chi connectivity index (χ1) is 22.8. The van der Waals surface area contributed by atoms with E-state index < -0.39 is 0 Å². The molecule has 0 spiro atoms. The lowest BCUT2D eigenvalue weighted by Gasteiger charge is -2.27. The first-order valence-corrected chi connectivity index (χ1v) is 16.4. The molecule has 8 aromatic carbocycles. The lowest BCUT2D eigenvalue weighted by molar-refractivity contribution is 1.30. The highest BCUT2D eigenvalue weighted by atomic mass is 32.1. The molecular formula is C43H28N2S. The number of hydrogen-bond donors (Lipinski definition) is 0. The number of aromatic nitrogens is 1. The summed E-state index contributed by atoms with van der Waals surface area (Å²) in [6, 6.07) is 61.0. The van der Waals surface area contributed by atoms with Gasteiger partial charge in [-0.3, -0.25) is 0 Å². The van der Waals surface area contributed by atoms with Gasteiger partial charge in [0.15, 0.2) is 0 Å². The van der Waals surface area contributed by atoms with Crippen LogP contribution in [0.2, 0.25) is 0 Å². The van der Waals surface area contributed by atoms with E-state index in [1.165, 1.54) is 48.1 Å². The zero-order chi connectivity index (χ0) is 30.5. The molecule has 3 heteroatoms. The van der Waals surface area contributed by atoms with Gasteiger partial charge in [0.25, 0.3) is 0 Å². The second-order valence-electron chi connectivity index (χ2n) is 11.6. The van der Waals surface area contributed by atoms with Crippen molar-refractivity contribution in [2.75, 3.05) is 4.90 Å². The van der Waals surface area contributed by atoms with Crippen molar-refractivity contribution in [3.05, 3.63) is 170 Å². The summed E-state index contributed by atoms with van der Waals surface area (Å²) in [6.07, 6.45) is 0. The molecule has 0 aliphatic rings. The van der Waals surface area contributed by atoms with Gasteiger partial charge in [-0.05, 0) is 69.1 Å². The Balaban J connectivity index is 1.27. The molecule has 9 aromatic rings. The summed E-state index contributed by atoms with van der Waals surface area (Å²) in [5, 5.41) is 8.42. The Morgan fingerprint density at radius 3 is 1.87 bits per heavy atom. The maximum absolute atomic E-state index is 5.07. The van der Waals surface area contributed by atoms with Gasteiger partial charge < -0.3 is 4.90 Å². The topological polar surface area (TPSA) is 16.1 Å². The Bertz CT molecular complexity index is 2510. The van der Waals surface area contributed by atoms with Crippen LogP contribution in [-0.4, -0.2) is 4.98 Å². The van der Waals surface area contributed by atoms with Crippen molar-refractivity contribution in [3.8, 4) is 21.7 Å². The first-order valence-electron chi connectivity index (χ1n) is 15.5. The molecule has 0 bridgehead atoms. The Kier molecular flexibility index (Phi) is 6.36. The van der Waals surface area contributed by atoms with E-state index in [9.17, 15) is 0 Å². The van der Waals surface area contributed by atoms with E-state index in [1.807, 2.05) is 0 Å². The SMILES string of the molecule is c1ccc(-c2ccc(N(c3ccc4ccc5ccc6nc(-c7ccccc7)sc6c5c4c3)c3cccc4ccccc34)cc2)cc1. The van der Waals surface area contributed by atoms with Gasteiger partial charge >= 0.3 is 0 Å². The van der Waals surface area contributed by atoms with Crippen LogP contribution in [-0.2, 0) is 0 Å². The normalized spacial score (nSPS) is 11.5. The van der Waals surface area contributed by atoms with Crippen molar-refractivity contribution in [1.29, 1.82) is 0 Å². The van der Waals surface area contributed by atoms with E-state index in [2.05, 4.69) is 175 Å². The average molecular weight is 605 g/mol. The summed E-state index contributed by atoms with van der Waals surface area (Å²) >= 11 is 1.78. The van der Waals surface area contributed by atoms with Crippen LogP contribution < -0.4 is 4.90 Å². The average Bonchev–Trinajstić information content (AvgIpc) is 3.58. The number of rotatable bonds is 5. The summed E-state index contributed by atoms with van der Waals surface area (Å²) in [5.41, 5.74) is 7.99. The summed E-state index contributed by atoms with van der Waals surface area (Å²) in [4.78, 5) is 7.47. The van der Waals surface area contributed by atoms with E-state index in [0.29, 0.717) is 0 Å². The van der Waals surface area contributed by atoms with Gasteiger partial charge in [0, 0.05) is 27.7 Å². The van der Waals surface area contributed by atoms with E-state index in [4.69, 9.17) is 4.98 Å². The Hall–Kier alpha value is -5.77. The van der Waals surface area contributed by atoms with E-state index in [0.717, 1.165) is 33.1 Å². The van der Waals surface area contributed by atoms with Gasteiger partial charge in [-0.2, -0.15) is 0 Å².